The summed E-state index contributed by atoms with van der Waals surface area (Å²) < 4.78 is 20.7. The number of amides is 1. The Kier molecular flexibility index (Phi) is 4.39. The first-order chi connectivity index (χ1) is 13.1. The summed E-state index contributed by atoms with van der Waals surface area (Å²) in [6.45, 7) is 4.95. The van der Waals surface area contributed by atoms with Crippen molar-refractivity contribution in [2.75, 3.05) is 11.4 Å². The molecule has 0 saturated heterocycles. The zero-order chi connectivity index (χ0) is 19.0. The summed E-state index contributed by atoms with van der Waals surface area (Å²) in [5.74, 6) is 0.374. The van der Waals surface area contributed by atoms with Crippen molar-refractivity contribution in [2.45, 2.75) is 27.0 Å². The normalized spacial score (nSPS) is 12.1. The maximum Gasteiger partial charge on any atom is 0.248 e. The molecule has 6 heteroatoms. The molecule has 1 amide bonds. The molecule has 2 heterocycles. The van der Waals surface area contributed by atoms with E-state index in [0.717, 1.165) is 28.1 Å². The van der Waals surface area contributed by atoms with Crippen molar-refractivity contribution in [1.82, 2.24) is 9.78 Å². The van der Waals surface area contributed by atoms with Gasteiger partial charge < -0.3 is 9.64 Å². The topological polar surface area (TPSA) is 47.4 Å². The van der Waals surface area contributed by atoms with Crippen LogP contribution in [-0.2, 0) is 17.9 Å². The third kappa shape index (κ3) is 3.18. The Labute approximate surface area is 157 Å². The minimum atomic E-state index is -0.324. The SMILES string of the molecule is CCN(C(=O)Cn1ncc2c1-c1cc(C)ccc1OC2)c1ccc(F)cc1. The van der Waals surface area contributed by atoms with Crippen molar-refractivity contribution >= 4 is 11.6 Å². The van der Waals surface area contributed by atoms with Gasteiger partial charge in [-0.3, -0.25) is 9.48 Å². The monoisotopic (exact) mass is 365 g/mol. The van der Waals surface area contributed by atoms with Gasteiger partial charge in [-0.1, -0.05) is 11.6 Å². The number of halogens is 1. The highest BCUT2D eigenvalue weighted by Crippen LogP contribution is 2.38. The molecule has 1 aromatic heterocycles. The van der Waals surface area contributed by atoms with Gasteiger partial charge in [-0.05, 0) is 50.2 Å². The van der Waals surface area contributed by atoms with Gasteiger partial charge in [0.05, 0.1) is 11.9 Å². The van der Waals surface area contributed by atoms with Crippen LogP contribution in [0.25, 0.3) is 11.3 Å². The van der Waals surface area contributed by atoms with E-state index >= 15 is 0 Å². The number of benzene rings is 2. The molecule has 0 spiro atoms. The number of fused-ring (bicyclic) bond motifs is 3. The Morgan fingerprint density at radius 3 is 2.78 bits per heavy atom. The Bertz CT molecular complexity index is 995. The maximum atomic E-state index is 13.2. The fourth-order valence-electron chi connectivity index (χ4n) is 3.41. The molecule has 0 bridgehead atoms. The quantitative estimate of drug-likeness (QED) is 0.703. The van der Waals surface area contributed by atoms with Gasteiger partial charge in [-0.15, -0.1) is 0 Å². The van der Waals surface area contributed by atoms with Gasteiger partial charge in [0.1, 0.15) is 24.7 Å². The number of hydrogen-bond donors (Lipinski definition) is 0. The van der Waals surface area contributed by atoms with Crippen molar-refractivity contribution in [3.05, 3.63) is 65.6 Å². The van der Waals surface area contributed by atoms with Gasteiger partial charge in [0.15, 0.2) is 0 Å². The van der Waals surface area contributed by atoms with E-state index in [4.69, 9.17) is 4.74 Å². The third-order valence-corrected chi connectivity index (χ3v) is 4.73. The van der Waals surface area contributed by atoms with Crippen LogP contribution in [0.1, 0.15) is 18.1 Å². The van der Waals surface area contributed by atoms with Gasteiger partial charge in [0, 0.05) is 23.4 Å². The number of anilines is 1. The predicted octanol–water partition coefficient (Wildman–Crippen LogP) is 3.94. The first-order valence-electron chi connectivity index (χ1n) is 8.91. The fraction of sp³-hybridized carbons (Fsp3) is 0.238. The lowest BCUT2D eigenvalue weighted by Gasteiger charge is -2.23. The average molecular weight is 365 g/mol. The van der Waals surface area contributed by atoms with E-state index in [-0.39, 0.29) is 18.3 Å². The Morgan fingerprint density at radius 2 is 2.04 bits per heavy atom. The summed E-state index contributed by atoms with van der Waals surface area (Å²) in [5.41, 5.74) is 4.62. The number of carbonyl (C=O) groups excluding carboxylic acids is 1. The first-order valence-corrected chi connectivity index (χ1v) is 8.91. The second-order valence-electron chi connectivity index (χ2n) is 6.58. The van der Waals surface area contributed by atoms with E-state index in [1.807, 2.05) is 32.0 Å². The summed E-state index contributed by atoms with van der Waals surface area (Å²) in [6.07, 6.45) is 1.75. The molecule has 0 unspecified atom stereocenters. The molecule has 0 radical (unpaired) electrons. The summed E-state index contributed by atoms with van der Waals surface area (Å²) in [6, 6.07) is 11.9. The molecule has 138 valence electrons. The first kappa shape index (κ1) is 17.3. The van der Waals surface area contributed by atoms with Crippen molar-refractivity contribution in [3.8, 4) is 17.0 Å². The van der Waals surface area contributed by atoms with Crippen LogP contribution < -0.4 is 9.64 Å². The van der Waals surface area contributed by atoms with Crippen LogP contribution in [0.15, 0.2) is 48.7 Å². The van der Waals surface area contributed by atoms with Crippen molar-refractivity contribution in [3.63, 3.8) is 0 Å². The molecule has 0 N–H and O–H groups in total. The minimum Gasteiger partial charge on any atom is -0.488 e. The number of aromatic nitrogens is 2. The molecule has 0 aliphatic carbocycles. The second kappa shape index (κ2) is 6.87. The predicted molar refractivity (Wildman–Crippen MR) is 101 cm³/mol. The van der Waals surface area contributed by atoms with E-state index in [1.165, 1.54) is 12.1 Å². The second-order valence-corrected chi connectivity index (χ2v) is 6.58. The van der Waals surface area contributed by atoms with Crippen LogP contribution >= 0.6 is 0 Å². The molecule has 4 rings (SSSR count). The smallest absolute Gasteiger partial charge is 0.248 e. The fourth-order valence-corrected chi connectivity index (χ4v) is 3.41. The summed E-state index contributed by atoms with van der Waals surface area (Å²) in [4.78, 5) is 14.6. The highest BCUT2D eigenvalue weighted by atomic mass is 19.1. The van der Waals surface area contributed by atoms with Gasteiger partial charge in [-0.25, -0.2) is 4.39 Å². The van der Waals surface area contributed by atoms with Gasteiger partial charge in [0.25, 0.3) is 0 Å². The lowest BCUT2D eigenvalue weighted by atomic mass is 10.0. The number of aryl methyl sites for hydroxylation is 1. The van der Waals surface area contributed by atoms with Crippen molar-refractivity contribution in [2.24, 2.45) is 0 Å². The number of carbonyl (C=O) groups is 1. The van der Waals surface area contributed by atoms with E-state index in [1.54, 1.807) is 27.9 Å². The van der Waals surface area contributed by atoms with E-state index < -0.39 is 0 Å². The highest BCUT2D eigenvalue weighted by Gasteiger charge is 2.24. The lowest BCUT2D eigenvalue weighted by Crippen LogP contribution is -2.34. The molecule has 1 aliphatic heterocycles. The van der Waals surface area contributed by atoms with Crippen LogP contribution in [0.3, 0.4) is 0 Å². The molecule has 3 aromatic rings. The maximum absolute atomic E-state index is 13.2. The van der Waals surface area contributed by atoms with Gasteiger partial charge >= 0.3 is 0 Å². The Morgan fingerprint density at radius 1 is 1.26 bits per heavy atom. The van der Waals surface area contributed by atoms with Crippen molar-refractivity contribution < 1.29 is 13.9 Å². The standard InChI is InChI=1S/C21H20FN3O2/c1-3-24(17-7-5-16(22)6-8-17)20(26)12-25-21-15(11-23-25)13-27-19-9-4-14(2)10-18(19)21/h4-11H,3,12-13H2,1-2H3. The molecule has 0 saturated carbocycles. The number of nitrogens with zero attached hydrogens (tertiary/aromatic N) is 3. The zero-order valence-electron chi connectivity index (χ0n) is 15.3. The molecular weight excluding hydrogens is 345 g/mol. The molecular formula is C21H20FN3O2. The number of rotatable bonds is 4. The molecule has 0 atom stereocenters. The van der Waals surface area contributed by atoms with Crippen LogP contribution in [0.5, 0.6) is 5.75 Å². The van der Waals surface area contributed by atoms with Crippen LogP contribution in [0, 0.1) is 12.7 Å². The average Bonchev–Trinajstić information content (AvgIpc) is 3.07. The highest BCUT2D eigenvalue weighted by molar-refractivity contribution is 5.93. The molecule has 27 heavy (non-hydrogen) atoms. The van der Waals surface area contributed by atoms with E-state index in [0.29, 0.717) is 18.8 Å². The molecule has 2 aromatic carbocycles. The lowest BCUT2D eigenvalue weighted by molar-refractivity contribution is -0.119. The van der Waals surface area contributed by atoms with E-state index in [9.17, 15) is 9.18 Å². The number of likely N-dealkylation sites (N-methyl/N-ethyl adjacent to an activating group) is 1. The largest absolute Gasteiger partial charge is 0.488 e. The minimum absolute atomic E-state index is 0.101. The Hall–Kier alpha value is -3.15. The number of ether oxygens (including phenoxy) is 1. The summed E-state index contributed by atoms with van der Waals surface area (Å²) in [5, 5.41) is 4.42. The summed E-state index contributed by atoms with van der Waals surface area (Å²) in [7, 11) is 0. The van der Waals surface area contributed by atoms with E-state index in [2.05, 4.69) is 5.10 Å². The number of hydrogen-bond acceptors (Lipinski definition) is 3. The van der Waals surface area contributed by atoms with Gasteiger partial charge in [0.2, 0.25) is 5.91 Å². The van der Waals surface area contributed by atoms with Gasteiger partial charge in [-0.2, -0.15) is 5.10 Å². The Balaban J connectivity index is 1.65. The summed E-state index contributed by atoms with van der Waals surface area (Å²) >= 11 is 0. The van der Waals surface area contributed by atoms with Crippen LogP contribution in [0.4, 0.5) is 10.1 Å². The van der Waals surface area contributed by atoms with Crippen LogP contribution in [-0.4, -0.2) is 22.2 Å². The third-order valence-electron chi connectivity index (χ3n) is 4.73. The molecule has 1 aliphatic rings. The zero-order valence-corrected chi connectivity index (χ0v) is 15.3. The van der Waals surface area contributed by atoms with Crippen molar-refractivity contribution in [1.29, 1.82) is 0 Å². The molecule has 5 nitrogen and oxygen atoms in total. The molecule has 0 fully saturated rings. The van der Waals surface area contributed by atoms with Crippen LogP contribution in [0.2, 0.25) is 0 Å².